The first-order valence-electron chi connectivity index (χ1n) is 11.7. The van der Waals surface area contributed by atoms with E-state index in [2.05, 4.69) is 33.9 Å². The van der Waals surface area contributed by atoms with Crippen molar-refractivity contribution in [1.82, 2.24) is 15.5 Å². The number of allylic oxidation sites excluding steroid dienone is 4. The predicted octanol–water partition coefficient (Wildman–Crippen LogP) is 4.25. The predicted molar refractivity (Wildman–Crippen MR) is 142 cm³/mol. The summed E-state index contributed by atoms with van der Waals surface area (Å²) in [6, 6.07) is 5.47. The number of carbonyl (C=O) groups excluding carboxylic acids is 2. The Balaban J connectivity index is 2.21. The SMILES string of the molecule is CC=N/C(C)=C(\C(=C\C)C(=O)NCc1ccc2c(c1)NC(=O)CO2)N(C)/C=C(\C)NC/C(C)=C/C. The lowest BCUT2D eigenvalue weighted by Gasteiger charge is -2.24. The molecule has 1 heterocycles. The molecule has 0 aromatic heterocycles. The topological polar surface area (TPSA) is 95.1 Å². The number of amides is 2. The second-order valence-electron chi connectivity index (χ2n) is 8.29. The number of aliphatic imine (C=N–C) groups is 1. The number of benzene rings is 1. The molecular formula is C27H37N5O3. The molecule has 1 aliphatic heterocycles. The van der Waals surface area contributed by atoms with Crippen molar-refractivity contribution in [3.05, 3.63) is 70.4 Å². The maximum absolute atomic E-state index is 13.3. The second-order valence-corrected chi connectivity index (χ2v) is 8.29. The molecule has 0 spiro atoms. The van der Waals surface area contributed by atoms with Gasteiger partial charge < -0.3 is 25.6 Å². The van der Waals surface area contributed by atoms with Crippen molar-refractivity contribution in [2.45, 2.75) is 48.1 Å². The van der Waals surface area contributed by atoms with Crippen LogP contribution in [0.1, 0.15) is 47.1 Å². The third-order valence-corrected chi connectivity index (χ3v) is 5.46. The monoisotopic (exact) mass is 479 g/mol. The number of likely N-dealkylation sites (N-methyl/N-ethyl adjacent to an activating group) is 1. The zero-order valence-corrected chi connectivity index (χ0v) is 21.8. The molecular weight excluding hydrogens is 442 g/mol. The first kappa shape index (κ1) is 27.4. The summed E-state index contributed by atoms with van der Waals surface area (Å²) in [4.78, 5) is 31.2. The van der Waals surface area contributed by atoms with Gasteiger partial charge in [0.25, 0.3) is 11.8 Å². The van der Waals surface area contributed by atoms with E-state index < -0.39 is 0 Å². The summed E-state index contributed by atoms with van der Waals surface area (Å²) in [7, 11) is 1.90. The number of nitrogens with zero attached hydrogens (tertiary/aromatic N) is 2. The van der Waals surface area contributed by atoms with Crippen molar-refractivity contribution in [3.63, 3.8) is 0 Å². The molecule has 0 saturated heterocycles. The fourth-order valence-electron chi connectivity index (χ4n) is 3.57. The fourth-order valence-corrected chi connectivity index (χ4v) is 3.57. The van der Waals surface area contributed by atoms with Gasteiger partial charge in [-0.15, -0.1) is 0 Å². The number of rotatable bonds is 10. The zero-order chi connectivity index (χ0) is 26.0. The smallest absolute Gasteiger partial charge is 0.262 e. The molecule has 1 aliphatic rings. The lowest BCUT2D eigenvalue weighted by molar-refractivity contribution is -0.119. The fraction of sp³-hybridized carbons (Fsp3) is 0.370. The third-order valence-electron chi connectivity index (χ3n) is 5.46. The van der Waals surface area contributed by atoms with Crippen molar-refractivity contribution in [2.75, 3.05) is 25.5 Å². The summed E-state index contributed by atoms with van der Waals surface area (Å²) < 4.78 is 5.40. The minimum absolute atomic E-state index is 0.00825. The van der Waals surface area contributed by atoms with Gasteiger partial charge >= 0.3 is 0 Å². The Hall–Kier alpha value is -3.81. The van der Waals surface area contributed by atoms with Crippen LogP contribution < -0.4 is 20.7 Å². The number of hydrogen-bond acceptors (Lipinski definition) is 6. The second kappa shape index (κ2) is 13.2. The van der Waals surface area contributed by atoms with Crippen molar-refractivity contribution < 1.29 is 14.3 Å². The Kier molecular flexibility index (Phi) is 10.3. The zero-order valence-electron chi connectivity index (χ0n) is 21.8. The highest BCUT2D eigenvalue weighted by Crippen LogP contribution is 2.28. The van der Waals surface area contributed by atoms with Crippen LogP contribution in [-0.4, -0.2) is 43.1 Å². The van der Waals surface area contributed by atoms with Crippen LogP contribution in [0.3, 0.4) is 0 Å². The Bertz CT molecular complexity index is 1100. The minimum Gasteiger partial charge on any atom is -0.482 e. The molecule has 2 amide bonds. The van der Waals surface area contributed by atoms with E-state index in [1.165, 1.54) is 5.57 Å². The van der Waals surface area contributed by atoms with Crippen molar-refractivity contribution >= 4 is 23.7 Å². The number of nitrogens with one attached hydrogen (secondary N) is 3. The van der Waals surface area contributed by atoms with Crippen molar-refractivity contribution in [3.8, 4) is 5.75 Å². The van der Waals surface area contributed by atoms with Crippen molar-refractivity contribution in [1.29, 1.82) is 0 Å². The Labute approximate surface area is 208 Å². The van der Waals surface area contributed by atoms with Gasteiger partial charge in [-0.2, -0.15) is 0 Å². The molecule has 0 aliphatic carbocycles. The lowest BCUT2D eigenvalue weighted by atomic mass is 10.1. The third kappa shape index (κ3) is 7.88. The molecule has 0 radical (unpaired) electrons. The molecule has 0 saturated carbocycles. The molecule has 0 fully saturated rings. The molecule has 3 N–H and O–H groups in total. The number of ether oxygens (including phenoxy) is 1. The van der Waals surface area contributed by atoms with E-state index in [1.54, 1.807) is 18.4 Å². The maximum Gasteiger partial charge on any atom is 0.262 e. The van der Waals surface area contributed by atoms with E-state index in [1.807, 2.05) is 64.9 Å². The Morgan fingerprint density at radius 2 is 1.91 bits per heavy atom. The van der Waals surface area contributed by atoms with E-state index in [0.29, 0.717) is 29.3 Å². The number of carbonyl (C=O) groups is 2. The number of anilines is 1. The molecule has 1 aromatic carbocycles. The quantitative estimate of drug-likeness (QED) is 0.202. The van der Waals surface area contributed by atoms with Crippen molar-refractivity contribution in [2.24, 2.45) is 4.99 Å². The molecule has 0 unspecified atom stereocenters. The standard InChI is InChI=1S/C27H37N5O3/c1-8-18(4)14-29-19(5)16-32(7)26(20(6)28-10-3)22(9-2)27(34)30-15-21-11-12-24-23(13-21)31-25(33)17-35-24/h8-13,16,29H,14-15,17H2,1-7H3,(H,30,34)(H,31,33)/b18-8+,19-16+,22-9-,26-20+,28-10?. The first-order valence-corrected chi connectivity index (χ1v) is 11.7. The highest BCUT2D eigenvalue weighted by Gasteiger charge is 2.20. The minimum atomic E-state index is -0.221. The summed E-state index contributed by atoms with van der Waals surface area (Å²) in [5.41, 5.74) is 5.60. The van der Waals surface area contributed by atoms with Crippen LogP contribution in [0.25, 0.3) is 0 Å². The van der Waals surface area contributed by atoms with Crippen LogP contribution in [0.2, 0.25) is 0 Å². The molecule has 0 atom stereocenters. The Morgan fingerprint density at radius 3 is 2.57 bits per heavy atom. The lowest BCUT2D eigenvalue weighted by Crippen LogP contribution is -2.30. The van der Waals surface area contributed by atoms with Gasteiger partial charge in [0.2, 0.25) is 0 Å². The van der Waals surface area contributed by atoms with Crippen LogP contribution in [-0.2, 0) is 16.1 Å². The van der Waals surface area contributed by atoms with Crippen LogP contribution in [0.4, 0.5) is 5.69 Å². The summed E-state index contributed by atoms with van der Waals surface area (Å²) in [5.74, 6) is 0.203. The van der Waals surface area contributed by atoms with Gasteiger partial charge in [-0.1, -0.05) is 23.8 Å². The molecule has 35 heavy (non-hydrogen) atoms. The molecule has 8 heteroatoms. The van der Waals surface area contributed by atoms with E-state index in [4.69, 9.17) is 4.74 Å². The Morgan fingerprint density at radius 1 is 1.17 bits per heavy atom. The highest BCUT2D eigenvalue weighted by molar-refractivity contribution is 5.98. The maximum atomic E-state index is 13.3. The van der Waals surface area contributed by atoms with Crippen LogP contribution in [0, 0.1) is 0 Å². The van der Waals surface area contributed by atoms with E-state index in [-0.39, 0.29) is 18.4 Å². The first-order chi connectivity index (χ1) is 16.7. The summed E-state index contributed by atoms with van der Waals surface area (Å²) in [6.45, 7) is 12.7. The van der Waals surface area contributed by atoms with Gasteiger partial charge in [0.05, 0.1) is 22.7 Å². The summed E-state index contributed by atoms with van der Waals surface area (Å²) in [6.07, 6.45) is 7.52. The van der Waals surface area contributed by atoms with E-state index in [9.17, 15) is 9.59 Å². The van der Waals surface area contributed by atoms with E-state index >= 15 is 0 Å². The highest BCUT2D eigenvalue weighted by atomic mass is 16.5. The van der Waals surface area contributed by atoms with Crippen LogP contribution in [0.15, 0.2) is 69.8 Å². The van der Waals surface area contributed by atoms with Gasteiger partial charge in [-0.3, -0.25) is 14.6 Å². The van der Waals surface area contributed by atoms with Gasteiger partial charge in [0, 0.05) is 38.2 Å². The average Bonchev–Trinajstić information content (AvgIpc) is 2.83. The summed E-state index contributed by atoms with van der Waals surface area (Å²) in [5, 5.41) is 9.15. The molecule has 8 nitrogen and oxygen atoms in total. The van der Waals surface area contributed by atoms with Gasteiger partial charge in [-0.05, 0) is 59.2 Å². The molecule has 188 valence electrons. The van der Waals surface area contributed by atoms with E-state index in [0.717, 1.165) is 23.5 Å². The van der Waals surface area contributed by atoms with Crippen LogP contribution in [0.5, 0.6) is 5.75 Å². The average molecular weight is 480 g/mol. The van der Waals surface area contributed by atoms with Gasteiger partial charge in [0.1, 0.15) is 5.75 Å². The van der Waals surface area contributed by atoms with Gasteiger partial charge in [0.15, 0.2) is 6.61 Å². The molecule has 2 rings (SSSR count). The normalized spacial score (nSPS) is 15.2. The number of fused-ring (bicyclic) bond motifs is 1. The number of hydrogen-bond donors (Lipinski definition) is 3. The van der Waals surface area contributed by atoms with Crippen LogP contribution >= 0.6 is 0 Å². The summed E-state index contributed by atoms with van der Waals surface area (Å²) >= 11 is 0. The van der Waals surface area contributed by atoms with Gasteiger partial charge in [-0.25, -0.2) is 0 Å². The molecule has 1 aromatic rings. The molecule has 0 bridgehead atoms. The largest absolute Gasteiger partial charge is 0.482 e.